The quantitative estimate of drug-likeness (QED) is 0.619. The average molecular weight is 443 g/mol. The van der Waals surface area contributed by atoms with E-state index in [2.05, 4.69) is 4.98 Å². The van der Waals surface area contributed by atoms with Crippen molar-refractivity contribution in [2.45, 2.75) is 6.54 Å². The van der Waals surface area contributed by atoms with Crippen LogP contribution in [-0.4, -0.2) is 46.5 Å². The van der Waals surface area contributed by atoms with Crippen LogP contribution in [0.1, 0.15) is 15.9 Å². The number of piperazine rings is 1. The Balaban J connectivity index is 1.47. The van der Waals surface area contributed by atoms with E-state index in [1.165, 1.54) is 0 Å². The van der Waals surface area contributed by atoms with Gasteiger partial charge in [-0.15, -0.1) is 0 Å². The van der Waals surface area contributed by atoms with Gasteiger partial charge in [0, 0.05) is 38.6 Å². The fourth-order valence-corrected chi connectivity index (χ4v) is 4.04. The van der Waals surface area contributed by atoms with Crippen molar-refractivity contribution < 1.29 is 4.79 Å². The summed E-state index contributed by atoms with van der Waals surface area (Å²) < 4.78 is 1.57. The van der Waals surface area contributed by atoms with E-state index in [0.717, 1.165) is 5.56 Å². The lowest BCUT2D eigenvalue weighted by molar-refractivity contribution is 0.0744. The van der Waals surface area contributed by atoms with E-state index in [0.29, 0.717) is 48.6 Å². The van der Waals surface area contributed by atoms with E-state index in [-0.39, 0.29) is 17.0 Å². The number of pyridine rings is 2. The van der Waals surface area contributed by atoms with E-state index in [1.54, 1.807) is 40.1 Å². The van der Waals surface area contributed by atoms with Crippen LogP contribution >= 0.6 is 23.2 Å². The summed E-state index contributed by atoms with van der Waals surface area (Å²) >= 11 is 12.2. The predicted octanol–water partition coefficient (Wildman–Crippen LogP) is 3.56. The van der Waals surface area contributed by atoms with Crippen LogP contribution in [0.15, 0.2) is 65.7 Å². The van der Waals surface area contributed by atoms with E-state index in [4.69, 9.17) is 23.2 Å². The summed E-state index contributed by atoms with van der Waals surface area (Å²) in [7, 11) is 0. The van der Waals surface area contributed by atoms with Gasteiger partial charge in [0.25, 0.3) is 11.5 Å². The highest BCUT2D eigenvalue weighted by molar-refractivity contribution is 6.36. The first-order valence-electron chi connectivity index (χ1n) is 9.61. The Morgan fingerprint density at radius 3 is 2.43 bits per heavy atom. The number of rotatable bonds is 4. The molecule has 0 spiro atoms. The van der Waals surface area contributed by atoms with Crippen molar-refractivity contribution >= 4 is 34.9 Å². The Hall–Kier alpha value is -2.83. The van der Waals surface area contributed by atoms with Gasteiger partial charge >= 0.3 is 0 Å². The highest BCUT2D eigenvalue weighted by Crippen LogP contribution is 2.26. The van der Waals surface area contributed by atoms with Crippen molar-refractivity contribution in [3.8, 4) is 0 Å². The summed E-state index contributed by atoms with van der Waals surface area (Å²) in [4.78, 5) is 33.9. The van der Waals surface area contributed by atoms with E-state index in [1.807, 2.05) is 35.2 Å². The van der Waals surface area contributed by atoms with Crippen LogP contribution in [0, 0.1) is 0 Å². The van der Waals surface area contributed by atoms with Gasteiger partial charge in [0.05, 0.1) is 16.6 Å². The first-order valence-corrected chi connectivity index (χ1v) is 10.4. The standard InChI is InChI=1S/C22H20Cl2N4O2/c23-17-13-19(24)20(25-14-17)26-9-11-27(12-10-26)21(29)18-7-4-8-28(22(18)30)15-16-5-2-1-3-6-16/h1-8,13-14H,9-12,15H2. The molecule has 1 aromatic carbocycles. The SMILES string of the molecule is O=C(c1cccn(Cc2ccccc2)c1=O)N1CCN(c2ncc(Cl)cc2Cl)CC1. The molecule has 1 aliphatic rings. The number of anilines is 1. The van der Waals surface area contributed by atoms with Gasteiger partial charge in [0.15, 0.2) is 0 Å². The molecule has 30 heavy (non-hydrogen) atoms. The Labute approximate surface area is 184 Å². The maximum Gasteiger partial charge on any atom is 0.263 e. The molecule has 0 aliphatic carbocycles. The summed E-state index contributed by atoms with van der Waals surface area (Å²) in [6, 6.07) is 14.7. The number of benzene rings is 1. The molecule has 2 aromatic heterocycles. The molecule has 0 N–H and O–H groups in total. The highest BCUT2D eigenvalue weighted by atomic mass is 35.5. The van der Waals surface area contributed by atoms with E-state index < -0.39 is 0 Å². The molecule has 8 heteroatoms. The van der Waals surface area contributed by atoms with Crippen LogP contribution in [0.25, 0.3) is 0 Å². The molecule has 0 saturated carbocycles. The zero-order chi connectivity index (χ0) is 21.1. The van der Waals surface area contributed by atoms with E-state index >= 15 is 0 Å². The van der Waals surface area contributed by atoms with Crippen molar-refractivity contribution in [3.63, 3.8) is 0 Å². The minimum atomic E-state index is -0.281. The zero-order valence-electron chi connectivity index (χ0n) is 16.2. The second-order valence-corrected chi connectivity index (χ2v) is 7.92. The Bertz CT molecular complexity index is 1110. The van der Waals surface area contributed by atoms with Gasteiger partial charge in [-0.1, -0.05) is 53.5 Å². The fraction of sp³-hybridized carbons (Fsp3) is 0.227. The molecule has 3 heterocycles. The third-order valence-corrected chi connectivity index (χ3v) is 5.59. The van der Waals surface area contributed by atoms with Gasteiger partial charge < -0.3 is 14.4 Å². The van der Waals surface area contributed by atoms with Gasteiger partial charge in [-0.2, -0.15) is 0 Å². The number of nitrogens with zero attached hydrogens (tertiary/aromatic N) is 4. The lowest BCUT2D eigenvalue weighted by atomic mass is 10.2. The molecule has 4 rings (SSSR count). The van der Waals surface area contributed by atoms with Gasteiger partial charge in [0.1, 0.15) is 11.4 Å². The number of amides is 1. The van der Waals surface area contributed by atoms with Crippen LogP contribution in [0.3, 0.4) is 0 Å². The number of aromatic nitrogens is 2. The summed E-state index contributed by atoms with van der Waals surface area (Å²) in [5, 5.41) is 0.961. The molecule has 154 valence electrons. The predicted molar refractivity (Wildman–Crippen MR) is 119 cm³/mol. The van der Waals surface area contributed by atoms with Crippen LogP contribution in [0.5, 0.6) is 0 Å². The largest absolute Gasteiger partial charge is 0.352 e. The second-order valence-electron chi connectivity index (χ2n) is 7.08. The summed E-state index contributed by atoms with van der Waals surface area (Å²) in [6.45, 7) is 2.53. The fourth-order valence-electron chi connectivity index (χ4n) is 3.54. The smallest absolute Gasteiger partial charge is 0.263 e. The molecule has 0 unspecified atom stereocenters. The van der Waals surface area contributed by atoms with E-state index in [9.17, 15) is 9.59 Å². The average Bonchev–Trinajstić information content (AvgIpc) is 2.76. The maximum absolute atomic E-state index is 13.0. The molecule has 1 aliphatic heterocycles. The summed E-state index contributed by atoms with van der Waals surface area (Å²) in [5.74, 6) is 0.398. The normalized spacial score (nSPS) is 14.1. The van der Waals surface area contributed by atoms with Gasteiger partial charge in [-0.05, 0) is 23.8 Å². The summed E-state index contributed by atoms with van der Waals surface area (Å²) in [6.07, 6.45) is 3.26. The van der Waals surface area contributed by atoms with Gasteiger partial charge in [-0.25, -0.2) is 4.98 Å². The summed E-state index contributed by atoms with van der Waals surface area (Å²) in [5.41, 5.74) is 0.908. The number of halogens is 2. The van der Waals surface area contributed by atoms with Gasteiger partial charge in [-0.3, -0.25) is 9.59 Å². The Morgan fingerprint density at radius 2 is 1.73 bits per heavy atom. The minimum absolute atomic E-state index is 0.185. The van der Waals surface area contributed by atoms with Crippen molar-refractivity contribution in [1.82, 2.24) is 14.5 Å². The lowest BCUT2D eigenvalue weighted by Gasteiger charge is -2.35. The van der Waals surface area contributed by atoms with Crippen molar-refractivity contribution in [2.75, 3.05) is 31.1 Å². The maximum atomic E-state index is 13.0. The first-order chi connectivity index (χ1) is 14.5. The van der Waals surface area contributed by atoms with Crippen LogP contribution in [-0.2, 0) is 6.54 Å². The number of hydrogen-bond acceptors (Lipinski definition) is 4. The molecule has 0 atom stereocenters. The first kappa shape index (κ1) is 20.4. The Morgan fingerprint density at radius 1 is 1.00 bits per heavy atom. The number of carbonyl (C=O) groups excluding carboxylic acids is 1. The molecule has 1 fully saturated rings. The zero-order valence-corrected chi connectivity index (χ0v) is 17.7. The van der Waals surface area contributed by atoms with Crippen LogP contribution in [0.2, 0.25) is 10.0 Å². The van der Waals surface area contributed by atoms with Crippen molar-refractivity contribution in [1.29, 1.82) is 0 Å². The third-order valence-electron chi connectivity index (χ3n) is 5.10. The minimum Gasteiger partial charge on any atom is -0.352 e. The van der Waals surface area contributed by atoms with Crippen LogP contribution in [0.4, 0.5) is 5.82 Å². The lowest BCUT2D eigenvalue weighted by Crippen LogP contribution is -2.50. The molecule has 1 amide bonds. The van der Waals surface area contributed by atoms with Crippen molar-refractivity contribution in [2.24, 2.45) is 0 Å². The number of hydrogen-bond donors (Lipinski definition) is 0. The molecular weight excluding hydrogens is 423 g/mol. The second kappa shape index (κ2) is 8.90. The molecule has 3 aromatic rings. The molecule has 0 radical (unpaired) electrons. The van der Waals surface area contributed by atoms with Crippen LogP contribution < -0.4 is 10.5 Å². The topological polar surface area (TPSA) is 58.4 Å². The molecule has 6 nitrogen and oxygen atoms in total. The molecule has 0 bridgehead atoms. The molecular formula is C22H20Cl2N4O2. The van der Waals surface area contributed by atoms with Gasteiger partial charge in [0.2, 0.25) is 0 Å². The number of carbonyl (C=O) groups is 1. The van der Waals surface area contributed by atoms with Crippen molar-refractivity contribution in [3.05, 3.63) is 92.5 Å². The highest BCUT2D eigenvalue weighted by Gasteiger charge is 2.25. The monoisotopic (exact) mass is 442 g/mol. The molecule has 1 saturated heterocycles. The third kappa shape index (κ3) is 4.35. The Kier molecular flexibility index (Phi) is 6.06.